The van der Waals surface area contributed by atoms with E-state index in [2.05, 4.69) is 10.4 Å². The predicted molar refractivity (Wildman–Crippen MR) is 84.3 cm³/mol. The first kappa shape index (κ1) is 13.8. The number of hydrogen-bond donors (Lipinski definition) is 1. The Bertz CT molecular complexity index is 684. The Kier molecular flexibility index (Phi) is 3.39. The summed E-state index contributed by atoms with van der Waals surface area (Å²) in [6.07, 6.45) is 3.43. The Morgan fingerprint density at radius 1 is 1.18 bits per heavy atom. The minimum atomic E-state index is 0.0783. The molecule has 2 saturated heterocycles. The molecule has 0 radical (unpaired) electrons. The second kappa shape index (κ2) is 5.41. The van der Waals surface area contributed by atoms with Crippen molar-refractivity contribution in [1.82, 2.24) is 20.0 Å². The Balaban J connectivity index is 1.51. The summed E-state index contributed by atoms with van der Waals surface area (Å²) in [6, 6.07) is 7.40. The van der Waals surface area contributed by atoms with Crippen LogP contribution in [0.3, 0.4) is 0 Å². The van der Waals surface area contributed by atoms with Crippen LogP contribution in [0, 0.1) is 11.8 Å². The highest BCUT2D eigenvalue weighted by atomic mass is 35.5. The molecule has 0 unspecified atom stereocenters. The maximum Gasteiger partial charge on any atom is 0.257 e. The third-order valence-corrected chi connectivity index (χ3v) is 4.85. The van der Waals surface area contributed by atoms with Crippen molar-refractivity contribution in [2.45, 2.75) is 0 Å². The highest BCUT2D eigenvalue weighted by Gasteiger charge is 2.38. The zero-order valence-corrected chi connectivity index (χ0v) is 12.8. The maximum absolute atomic E-state index is 12.6. The molecule has 1 amide bonds. The summed E-state index contributed by atoms with van der Waals surface area (Å²) < 4.78 is 1.71. The van der Waals surface area contributed by atoms with E-state index in [4.69, 9.17) is 11.6 Å². The monoisotopic (exact) mass is 316 g/mol. The summed E-state index contributed by atoms with van der Waals surface area (Å²) >= 11 is 5.89. The van der Waals surface area contributed by atoms with Gasteiger partial charge in [0.1, 0.15) is 0 Å². The molecule has 5 nitrogen and oxygen atoms in total. The number of amides is 1. The number of rotatable bonds is 2. The third-order valence-electron chi connectivity index (χ3n) is 4.60. The normalized spacial score (nSPS) is 23.8. The molecule has 1 N–H and O–H groups in total. The number of nitrogens with zero attached hydrogens (tertiary/aromatic N) is 3. The fraction of sp³-hybridized carbons (Fsp3) is 0.375. The largest absolute Gasteiger partial charge is 0.338 e. The molecule has 2 fully saturated rings. The number of carbonyl (C=O) groups is 1. The van der Waals surface area contributed by atoms with E-state index in [-0.39, 0.29) is 5.91 Å². The van der Waals surface area contributed by atoms with Gasteiger partial charge in [0.2, 0.25) is 0 Å². The van der Waals surface area contributed by atoms with Crippen LogP contribution in [0.5, 0.6) is 0 Å². The first-order chi connectivity index (χ1) is 10.7. The minimum absolute atomic E-state index is 0.0783. The van der Waals surface area contributed by atoms with Gasteiger partial charge in [-0.05, 0) is 36.1 Å². The maximum atomic E-state index is 12.6. The summed E-state index contributed by atoms with van der Waals surface area (Å²) in [6.45, 7) is 3.75. The lowest BCUT2D eigenvalue weighted by atomic mass is 10.0. The van der Waals surface area contributed by atoms with E-state index in [9.17, 15) is 4.79 Å². The van der Waals surface area contributed by atoms with Gasteiger partial charge in [0.25, 0.3) is 5.91 Å². The predicted octanol–water partition coefficient (Wildman–Crippen LogP) is 1.82. The first-order valence-corrected chi connectivity index (χ1v) is 7.89. The van der Waals surface area contributed by atoms with Crippen LogP contribution in [0.25, 0.3) is 5.69 Å². The average Bonchev–Trinajstić information content (AvgIpc) is 3.22. The van der Waals surface area contributed by atoms with Crippen molar-refractivity contribution in [2.75, 3.05) is 26.2 Å². The van der Waals surface area contributed by atoms with Gasteiger partial charge in [-0.1, -0.05) is 11.6 Å². The molecule has 0 aliphatic carbocycles. The van der Waals surface area contributed by atoms with E-state index in [1.807, 2.05) is 29.2 Å². The van der Waals surface area contributed by atoms with E-state index >= 15 is 0 Å². The van der Waals surface area contributed by atoms with Crippen molar-refractivity contribution in [1.29, 1.82) is 0 Å². The smallest absolute Gasteiger partial charge is 0.257 e. The Morgan fingerprint density at radius 2 is 1.86 bits per heavy atom. The number of carbonyl (C=O) groups excluding carboxylic acids is 1. The van der Waals surface area contributed by atoms with Gasteiger partial charge >= 0.3 is 0 Å². The van der Waals surface area contributed by atoms with Gasteiger partial charge in [-0.2, -0.15) is 5.10 Å². The van der Waals surface area contributed by atoms with Crippen LogP contribution in [0.1, 0.15) is 10.4 Å². The van der Waals surface area contributed by atoms with Gasteiger partial charge in [-0.15, -0.1) is 0 Å². The summed E-state index contributed by atoms with van der Waals surface area (Å²) in [7, 11) is 0. The molecule has 2 atom stereocenters. The number of aromatic nitrogens is 2. The van der Waals surface area contributed by atoms with E-state index < -0.39 is 0 Å². The van der Waals surface area contributed by atoms with Gasteiger partial charge in [0.05, 0.1) is 17.4 Å². The first-order valence-electron chi connectivity index (χ1n) is 7.51. The molecule has 0 saturated carbocycles. The second-order valence-electron chi connectivity index (χ2n) is 6.04. The van der Waals surface area contributed by atoms with E-state index in [1.165, 1.54) is 0 Å². The molecule has 22 heavy (non-hydrogen) atoms. The van der Waals surface area contributed by atoms with Crippen LogP contribution in [-0.4, -0.2) is 46.8 Å². The summed E-state index contributed by atoms with van der Waals surface area (Å²) in [5, 5.41) is 8.37. The van der Waals surface area contributed by atoms with Crippen LogP contribution in [0.4, 0.5) is 0 Å². The molecule has 0 bridgehead atoms. The third kappa shape index (κ3) is 2.40. The highest BCUT2D eigenvalue weighted by molar-refractivity contribution is 6.30. The van der Waals surface area contributed by atoms with Crippen molar-refractivity contribution in [3.05, 3.63) is 47.2 Å². The zero-order chi connectivity index (χ0) is 15.1. The second-order valence-corrected chi connectivity index (χ2v) is 6.47. The molecule has 6 heteroatoms. The van der Waals surface area contributed by atoms with Crippen LogP contribution in [0.15, 0.2) is 36.7 Å². The molecule has 2 aliphatic heterocycles. The van der Waals surface area contributed by atoms with Crippen molar-refractivity contribution < 1.29 is 4.79 Å². The van der Waals surface area contributed by atoms with Crippen LogP contribution >= 0.6 is 11.6 Å². The number of benzene rings is 1. The molecule has 0 spiro atoms. The fourth-order valence-corrected chi connectivity index (χ4v) is 3.50. The van der Waals surface area contributed by atoms with Crippen LogP contribution in [0.2, 0.25) is 5.02 Å². The van der Waals surface area contributed by atoms with Crippen LogP contribution in [-0.2, 0) is 0 Å². The van der Waals surface area contributed by atoms with Crippen molar-refractivity contribution >= 4 is 17.5 Å². The number of hydrogen-bond acceptors (Lipinski definition) is 3. The Labute approximate surface area is 133 Å². The summed E-state index contributed by atoms with van der Waals surface area (Å²) in [5.74, 6) is 1.29. The van der Waals surface area contributed by atoms with Crippen molar-refractivity contribution in [3.63, 3.8) is 0 Å². The lowest BCUT2D eigenvalue weighted by Gasteiger charge is -2.16. The van der Waals surface area contributed by atoms with Gasteiger partial charge in [0.15, 0.2) is 0 Å². The quantitative estimate of drug-likeness (QED) is 0.919. The molecule has 3 heterocycles. The van der Waals surface area contributed by atoms with Gasteiger partial charge < -0.3 is 10.2 Å². The lowest BCUT2D eigenvalue weighted by Crippen LogP contribution is -2.31. The van der Waals surface area contributed by atoms with Gasteiger partial charge in [-0.25, -0.2) is 4.68 Å². The Morgan fingerprint density at radius 3 is 2.55 bits per heavy atom. The van der Waals surface area contributed by atoms with Gasteiger partial charge in [0, 0.05) is 37.4 Å². The van der Waals surface area contributed by atoms with E-state index in [0.717, 1.165) is 31.9 Å². The van der Waals surface area contributed by atoms with E-state index in [1.54, 1.807) is 17.1 Å². The van der Waals surface area contributed by atoms with Crippen molar-refractivity contribution in [3.8, 4) is 5.69 Å². The molecular formula is C16H17ClN4O. The number of nitrogens with one attached hydrogen (secondary N) is 1. The van der Waals surface area contributed by atoms with E-state index in [0.29, 0.717) is 22.4 Å². The zero-order valence-electron chi connectivity index (χ0n) is 12.1. The van der Waals surface area contributed by atoms with Crippen LogP contribution < -0.4 is 5.32 Å². The van der Waals surface area contributed by atoms with Crippen molar-refractivity contribution in [2.24, 2.45) is 11.8 Å². The standard InChI is InChI=1S/C16H17ClN4O/c17-14-1-3-15(4-2-14)21-10-13(7-19-21)16(22)20-8-11-5-18-6-12(11)9-20/h1-4,7,10-12,18H,5-6,8-9H2/t11-,12+. The molecule has 4 rings (SSSR count). The summed E-state index contributed by atoms with van der Waals surface area (Å²) in [4.78, 5) is 14.6. The SMILES string of the molecule is O=C(c1cnn(-c2ccc(Cl)cc2)c1)N1C[C@H]2CNC[C@H]2C1. The molecule has 2 aliphatic rings. The number of likely N-dealkylation sites (tertiary alicyclic amines) is 1. The minimum Gasteiger partial charge on any atom is -0.338 e. The highest BCUT2D eigenvalue weighted by Crippen LogP contribution is 2.27. The lowest BCUT2D eigenvalue weighted by molar-refractivity contribution is 0.0781. The number of fused-ring (bicyclic) bond motifs is 1. The summed E-state index contributed by atoms with van der Waals surface area (Å²) in [5.41, 5.74) is 1.54. The topological polar surface area (TPSA) is 50.2 Å². The fourth-order valence-electron chi connectivity index (χ4n) is 3.37. The molecule has 1 aromatic carbocycles. The molecule has 1 aromatic heterocycles. The molecule has 114 valence electrons. The van der Waals surface area contributed by atoms with Gasteiger partial charge in [-0.3, -0.25) is 4.79 Å². The molecule has 2 aromatic rings. The Hall–Kier alpha value is -1.85. The number of halogens is 1. The molecular weight excluding hydrogens is 300 g/mol. The average molecular weight is 317 g/mol.